The van der Waals surface area contributed by atoms with E-state index in [1.165, 1.54) is 26.2 Å². The smallest absolute Gasteiger partial charge is 0.227 e. The Hall–Kier alpha value is -3.02. The van der Waals surface area contributed by atoms with Gasteiger partial charge >= 0.3 is 0 Å². The molecule has 0 N–H and O–H groups in total. The van der Waals surface area contributed by atoms with Crippen molar-refractivity contribution in [3.8, 4) is 17.2 Å². The van der Waals surface area contributed by atoms with E-state index in [4.69, 9.17) is 14.2 Å². The number of methoxy groups -OCH3 is 3. The maximum Gasteiger partial charge on any atom is 0.227 e. The summed E-state index contributed by atoms with van der Waals surface area (Å²) in [5, 5.41) is 0. The normalized spacial score (nSPS) is 10.2. The number of amides is 1. The number of Topliss-reactive ketones (excluding diaryl/α,β-unsaturated/α-hetero) is 1. The molecule has 0 unspecified atom stereocenters. The molecule has 6 heteroatoms. The number of hydrogen-bond acceptors (Lipinski definition) is 5. The Morgan fingerprint density at radius 1 is 0.923 bits per heavy atom. The predicted octanol–water partition coefficient (Wildman–Crippen LogP) is 2.60. The Kier molecular flexibility index (Phi) is 6.60. The molecule has 0 aromatic heterocycles. The topological polar surface area (TPSA) is 65.1 Å². The summed E-state index contributed by atoms with van der Waals surface area (Å²) in [7, 11) is 6.08. The molecule has 138 valence electrons. The second-order valence-corrected chi connectivity index (χ2v) is 5.75. The van der Waals surface area contributed by atoms with Crippen LogP contribution in [0.4, 0.5) is 0 Å². The summed E-state index contributed by atoms with van der Waals surface area (Å²) in [6.07, 6.45) is 0.250. The molecule has 0 aliphatic heterocycles. The van der Waals surface area contributed by atoms with Crippen molar-refractivity contribution >= 4 is 11.7 Å². The zero-order valence-corrected chi connectivity index (χ0v) is 15.4. The maximum absolute atomic E-state index is 12.6. The Balaban J connectivity index is 2.12. The number of rotatable bonds is 8. The number of ketones is 1. The number of carbonyl (C=O) groups is 2. The van der Waals surface area contributed by atoms with Crippen LogP contribution in [0.25, 0.3) is 0 Å². The zero-order valence-electron chi connectivity index (χ0n) is 15.4. The first-order valence-corrected chi connectivity index (χ1v) is 8.11. The molecule has 0 saturated heterocycles. The molecular weight excluding hydrogens is 334 g/mol. The van der Waals surface area contributed by atoms with Gasteiger partial charge in [0.25, 0.3) is 0 Å². The summed E-state index contributed by atoms with van der Waals surface area (Å²) in [6, 6.07) is 12.6. The summed E-state index contributed by atoms with van der Waals surface area (Å²) >= 11 is 0. The van der Waals surface area contributed by atoms with E-state index in [0.717, 1.165) is 5.56 Å². The molecule has 0 atom stereocenters. The van der Waals surface area contributed by atoms with Crippen molar-refractivity contribution in [2.24, 2.45) is 0 Å². The van der Waals surface area contributed by atoms with Crippen LogP contribution in [0.5, 0.6) is 17.2 Å². The lowest BCUT2D eigenvalue weighted by Gasteiger charge is -2.18. The van der Waals surface area contributed by atoms with Crippen molar-refractivity contribution < 1.29 is 23.8 Å². The van der Waals surface area contributed by atoms with Gasteiger partial charge in [-0.1, -0.05) is 30.3 Å². The lowest BCUT2D eigenvalue weighted by Crippen LogP contribution is -2.33. The van der Waals surface area contributed by atoms with Gasteiger partial charge in [-0.2, -0.15) is 0 Å². The van der Waals surface area contributed by atoms with Gasteiger partial charge in [-0.15, -0.1) is 0 Å². The summed E-state index contributed by atoms with van der Waals surface area (Å²) in [6.45, 7) is -0.0374. The molecule has 1 amide bonds. The molecule has 26 heavy (non-hydrogen) atoms. The van der Waals surface area contributed by atoms with E-state index >= 15 is 0 Å². The quantitative estimate of drug-likeness (QED) is 0.680. The third-order valence-electron chi connectivity index (χ3n) is 3.99. The van der Waals surface area contributed by atoms with Crippen molar-refractivity contribution in [1.29, 1.82) is 0 Å². The van der Waals surface area contributed by atoms with Crippen LogP contribution < -0.4 is 14.2 Å². The molecule has 2 aromatic rings. The molecular formula is C20H23NO5. The van der Waals surface area contributed by atoms with E-state index < -0.39 is 0 Å². The average molecular weight is 357 g/mol. The third kappa shape index (κ3) is 4.53. The minimum atomic E-state index is -0.215. The number of carbonyl (C=O) groups excluding carboxylic acids is 2. The number of nitrogens with zero attached hydrogens (tertiary/aromatic N) is 1. The first-order valence-electron chi connectivity index (χ1n) is 8.11. The Labute approximate surface area is 153 Å². The standard InChI is InChI=1S/C20H23NO5/c1-21(19(23)10-14-8-6-5-7-9-14)13-16(22)15-11-17(24-2)20(26-4)18(12-15)25-3/h5-9,11-12H,10,13H2,1-4H3. The number of ether oxygens (including phenoxy) is 3. The van der Waals surface area contributed by atoms with Crippen LogP contribution >= 0.6 is 0 Å². The van der Waals surface area contributed by atoms with Gasteiger partial charge < -0.3 is 19.1 Å². The lowest BCUT2D eigenvalue weighted by atomic mass is 10.1. The zero-order chi connectivity index (χ0) is 19.1. The van der Waals surface area contributed by atoms with E-state index in [1.54, 1.807) is 19.2 Å². The van der Waals surface area contributed by atoms with E-state index in [9.17, 15) is 9.59 Å². The van der Waals surface area contributed by atoms with E-state index in [-0.39, 0.29) is 24.7 Å². The average Bonchev–Trinajstić information content (AvgIpc) is 2.67. The number of hydrogen-bond donors (Lipinski definition) is 0. The van der Waals surface area contributed by atoms with Crippen LogP contribution in [0.15, 0.2) is 42.5 Å². The lowest BCUT2D eigenvalue weighted by molar-refractivity contribution is -0.128. The molecule has 0 saturated carbocycles. The first-order chi connectivity index (χ1) is 12.5. The minimum Gasteiger partial charge on any atom is -0.493 e. The summed E-state index contributed by atoms with van der Waals surface area (Å²) in [5.41, 5.74) is 1.29. The molecule has 6 nitrogen and oxygen atoms in total. The monoisotopic (exact) mass is 357 g/mol. The van der Waals surface area contributed by atoms with Gasteiger partial charge in [0.1, 0.15) is 0 Å². The largest absolute Gasteiger partial charge is 0.493 e. The van der Waals surface area contributed by atoms with Crippen molar-refractivity contribution in [3.63, 3.8) is 0 Å². The summed E-state index contributed by atoms with van der Waals surface area (Å²) < 4.78 is 15.8. The molecule has 2 rings (SSSR count). The highest BCUT2D eigenvalue weighted by atomic mass is 16.5. The van der Waals surface area contributed by atoms with Crippen LogP contribution in [-0.2, 0) is 11.2 Å². The Morgan fingerprint density at radius 2 is 1.50 bits per heavy atom. The van der Waals surface area contributed by atoms with E-state index in [0.29, 0.717) is 22.8 Å². The van der Waals surface area contributed by atoms with Crippen LogP contribution in [0, 0.1) is 0 Å². The van der Waals surface area contributed by atoms with Crippen molar-refractivity contribution in [2.75, 3.05) is 34.9 Å². The Bertz CT molecular complexity index is 748. The molecule has 0 bridgehead atoms. The van der Waals surface area contributed by atoms with Crippen LogP contribution in [0.2, 0.25) is 0 Å². The predicted molar refractivity (Wildman–Crippen MR) is 98.2 cm³/mol. The third-order valence-corrected chi connectivity index (χ3v) is 3.99. The molecule has 0 aliphatic rings. The molecule has 0 spiro atoms. The fraction of sp³-hybridized carbons (Fsp3) is 0.300. The second kappa shape index (κ2) is 8.89. The summed E-state index contributed by atoms with van der Waals surface area (Å²) in [5.74, 6) is 0.868. The first kappa shape index (κ1) is 19.3. The van der Waals surface area contributed by atoms with Gasteiger partial charge in [-0.05, 0) is 17.7 Å². The highest BCUT2D eigenvalue weighted by Gasteiger charge is 2.19. The number of likely N-dealkylation sites (N-methyl/N-ethyl adjacent to an activating group) is 1. The van der Waals surface area contributed by atoms with Crippen LogP contribution in [-0.4, -0.2) is 51.5 Å². The van der Waals surface area contributed by atoms with E-state index in [1.807, 2.05) is 30.3 Å². The fourth-order valence-corrected chi connectivity index (χ4v) is 2.54. The molecule has 0 fully saturated rings. The van der Waals surface area contributed by atoms with Crippen molar-refractivity contribution in [1.82, 2.24) is 4.90 Å². The number of benzene rings is 2. The van der Waals surface area contributed by atoms with E-state index in [2.05, 4.69) is 0 Å². The highest BCUT2D eigenvalue weighted by Crippen LogP contribution is 2.38. The van der Waals surface area contributed by atoms with Crippen LogP contribution in [0.1, 0.15) is 15.9 Å². The second-order valence-electron chi connectivity index (χ2n) is 5.75. The molecule has 0 heterocycles. The van der Waals surface area contributed by atoms with Gasteiger partial charge in [0.05, 0.1) is 34.3 Å². The maximum atomic E-state index is 12.6. The molecule has 2 aromatic carbocycles. The van der Waals surface area contributed by atoms with Gasteiger partial charge in [0.2, 0.25) is 11.7 Å². The SMILES string of the molecule is COc1cc(C(=O)CN(C)C(=O)Cc2ccccc2)cc(OC)c1OC. The Morgan fingerprint density at radius 3 is 2.00 bits per heavy atom. The molecule has 0 radical (unpaired) electrons. The van der Waals surface area contributed by atoms with Gasteiger partial charge in [0, 0.05) is 12.6 Å². The van der Waals surface area contributed by atoms with Gasteiger partial charge in [-0.3, -0.25) is 9.59 Å². The van der Waals surface area contributed by atoms with Gasteiger partial charge in [-0.25, -0.2) is 0 Å². The van der Waals surface area contributed by atoms with Crippen molar-refractivity contribution in [2.45, 2.75) is 6.42 Å². The minimum absolute atomic E-state index is 0.0374. The highest BCUT2D eigenvalue weighted by molar-refractivity contribution is 6.00. The fourth-order valence-electron chi connectivity index (χ4n) is 2.54. The van der Waals surface area contributed by atoms with Crippen LogP contribution in [0.3, 0.4) is 0 Å². The van der Waals surface area contributed by atoms with Gasteiger partial charge in [0.15, 0.2) is 17.3 Å². The molecule has 0 aliphatic carbocycles. The summed E-state index contributed by atoms with van der Waals surface area (Å²) in [4.78, 5) is 26.3. The van der Waals surface area contributed by atoms with Crippen molar-refractivity contribution in [3.05, 3.63) is 53.6 Å².